The lowest BCUT2D eigenvalue weighted by molar-refractivity contribution is -0.302. The maximum atomic E-state index is 8.89. The van der Waals surface area contributed by atoms with Gasteiger partial charge in [0.05, 0.1) is 0 Å². The van der Waals surface area contributed by atoms with Gasteiger partial charge in [-0.05, 0) is 6.92 Å². The number of phosphoric acid groups is 1. The summed E-state index contributed by atoms with van der Waals surface area (Å²) in [5.74, 6) is -1.08. The zero-order chi connectivity index (χ0) is 8.08. The van der Waals surface area contributed by atoms with E-state index >= 15 is 0 Å². The van der Waals surface area contributed by atoms with E-state index in [4.69, 9.17) is 29.1 Å². The maximum absolute atomic E-state index is 8.89. The molecule has 0 amide bonds. The van der Waals surface area contributed by atoms with E-state index in [1.807, 2.05) is 0 Å². The molecule has 9 heteroatoms. The summed E-state index contributed by atoms with van der Waals surface area (Å²) in [6.45, 7) is 0.972. The number of aliphatic carboxylic acids is 1. The van der Waals surface area contributed by atoms with Gasteiger partial charge in [0.2, 0.25) is 0 Å². The molecule has 8 nitrogen and oxygen atoms in total. The second-order valence-corrected chi connectivity index (χ2v) is 1.96. The molecule has 0 aromatic carbocycles. The largest absolute Gasteiger partial charge is 0.756 e. The lowest BCUT2D eigenvalue weighted by Crippen LogP contribution is -2.16. The van der Waals surface area contributed by atoms with Gasteiger partial charge in [-0.2, -0.15) is 0 Å². The Morgan fingerprint density at radius 2 is 1.36 bits per heavy atom. The molecule has 10 N–H and O–H groups in total. The molecule has 0 aromatic rings. The molecule has 0 aliphatic carbocycles. The van der Waals surface area contributed by atoms with E-state index in [0.717, 1.165) is 6.92 Å². The standard InChI is InChI=1S/C2H4O2.2H3N.H3O4P/c1-2(3)4;;;1-5(2,3)4/h1H3,(H,3,4);2*1H3;(H3,1,2,3,4). The van der Waals surface area contributed by atoms with Crippen LogP contribution in [0.1, 0.15) is 6.92 Å². The normalized spacial score (nSPS) is 7.64. The van der Waals surface area contributed by atoms with Crippen LogP contribution in [0.5, 0.6) is 0 Å². The Balaban J connectivity index is -0.0000000383. The highest BCUT2D eigenvalue weighted by molar-refractivity contribution is 7.43. The number of hydrogen-bond donors (Lipinski definition) is 4. The maximum Gasteiger partial charge on any atom is 0.262 e. The van der Waals surface area contributed by atoms with Crippen LogP contribution in [0.4, 0.5) is 0 Å². The van der Waals surface area contributed by atoms with E-state index in [1.54, 1.807) is 0 Å². The number of carboxylic acids is 1. The van der Waals surface area contributed by atoms with Gasteiger partial charge in [-0.15, -0.1) is 0 Å². The van der Waals surface area contributed by atoms with E-state index in [9.17, 15) is 0 Å². The molecule has 0 bridgehead atoms. The number of rotatable bonds is 0. The minimum absolute atomic E-state index is 0. The summed E-state index contributed by atoms with van der Waals surface area (Å²) < 4.78 is 8.77. The molecular formula is C2H13N2O6P. The molecule has 0 heterocycles. The van der Waals surface area contributed by atoms with Crippen molar-refractivity contribution in [2.75, 3.05) is 0 Å². The van der Waals surface area contributed by atoms with E-state index < -0.39 is 13.8 Å². The third-order valence-corrected chi connectivity index (χ3v) is 0. The van der Waals surface area contributed by atoms with Gasteiger partial charge >= 0.3 is 0 Å². The molecule has 0 unspecified atom stereocenters. The quantitative estimate of drug-likeness (QED) is 0.318. The average Bonchev–Trinajstić information content (AvgIpc) is 1.19. The third kappa shape index (κ3) is 2140. The van der Waals surface area contributed by atoms with Crippen molar-refractivity contribution in [1.82, 2.24) is 12.3 Å². The van der Waals surface area contributed by atoms with Gasteiger partial charge in [0, 0.05) is 5.97 Å². The Morgan fingerprint density at radius 3 is 1.36 bits per heavy atom. The first-order valence-electron chi connectivity index (χ1n) is 1.67. The van der Waals surface area contributed by atoms with Crippen LogP contribution in [-0.4, -0.2) is 15.8 Å². The predicted octanol–water partition coefficient (Wildman–Crippen LogP) is -2.05. The van der Waals surface area contributed by atoms with Crippen molar-refractivity contribution < 1.29 is 29.1 Å². The van der Waals surface area contributed by atoms with Gasteiger partial charge in [-0.1, -0.05) is 0 Å². The van der Waals surface area contributed by atoms with E-state index in [0.29, 0.717) is 0 Å². The summed E-state index contributed by atoms with van der Waals surface area (Å²) in [5.41, 5.74) is 0. The minimum Gasteiger partial charge on any atom is -0.756 e. The van der Waals surface area contributed by atoms with Crippen molar-refractivity contribution in [1.29, 1.82) is 0 Å². The van der Waals surface area contributed by atoms with Crippen molar-refractivity contribution in [3.63, 3.8) is 0 Å². The Kier molecular flexibility index (Phi) is 19.4. The van der Waals surface area contributed by atoms with Gasteiger partial charge in [0.1, 0.15) is 0 Å². The van der Waals surface area contributed by atoms with Crippen LogP contribution >= 0.6 is 7.82 Å². The second-order valence-electron chi connectivity index (χ2n) is 0.982. The lowest BCUT2D eigenvalue weighted by atomic mass is 10.9. The molecule has 72 valence electrons. The Labute approximate surface area is 63.3 Å². The fourth-order valence-corrected chi connectivity index (χ4v) is 0. The molecule has 0 saturated carbocycles. The molecule has 0 spiro atoms. The highest BCUT2D eigenvalue weighted by atomic mass is 31.2. The third-order valence-electron chi connectivity index (χ3n) is 0. The second kappa shape index (κ2) is 9.50. The summed E-state index contributed by atoms with van der Waals surface area (Å²) in [7, 11) is -4.89. The smallest absolute Gasteiger partial charge is 0.262 e. The first-order valence-corrected chi connectivity index (χ1v) is 3.20. The van der Waals surface area contributed by atoms with E-state index in [-0.39, 0.29) is 12.3 Å². The van der Waals surface area contributed by atoms with Crippen LogP contribution in [0.15, 0.2) is 0 Å². The molecule has 0 fully saturated rings. The zero-order valence-electron chi connectivity index (χ0n) is 6.47. The first kappa shape index (κ1) is 22.4. The Morgan fingerprint density at radius 1 is 1.36 bits per heavy atom. The van der Waals surface area contributed by atoms with Crippen molar-refractivity contribution >= 4 is 13.8 Å². The van der Waals surface area contributed by atoms with Gasteiger partial charge in [-0.25, -0.2) is 0 Å². The summed E-state index contributed by atoms with van der Waals surface area (Å²) in [5, 5.41) is 8.89. The van der Waals surface area contributed by atoms with Crippen molar-refractivity contribution in [3.05, 3.63) is 0 Å². The molecule has 0 radical (unpaired) electrons. The van der Waals surface area contributed by atoms with Crippen LogP contribution in [0.2, 0.25) is 0 Å². The van der Waals surface area contributed by atoms with E-state index in [2.05, 4.69) is 0 Å². The number of quaternary nitrogens is 2. The predicted molar refractivity (Wildman–Crippen MR) is 34.7 cm³/mol. The van der Waals surface area contributed by atoms with Gasteiger partial charge < -0.3 is 36.9 Å². The van der Waals surface area contributed by atoms with Crippen molar-refractivity contribution in [3.8, 4) is 0 Å². The van der Waals surface area contributed by atoms with Gasteiger partial charge in [0.25, 0.3) is 7.82 Å². The van der Waals surface area contributed by atoms with Gasteiger partial charge in [-0.3, -0.25) is 4.57 Å². The molecule has 0 saturated heterocycles. The molecule has 0 aliphatic rings. The average molecular weight is 192 g/mol. The van der Waals surface area contributed by atoms with Crippen LogP contribution in [-0.2, 0) is 9.36 Å². The molecule has 0 rings (SSSR count). The topological polar surface area (TPSA) is 194 Å². The summed E-state index contributed by atoms with van der Waals surface area (Å²) in [4.78, 5) is 31.8. The number of hydrogen-bond acceptors (Lipinski definition) is 4. The van der Waals surface area contributed by atoms with Crippen LogP contribution in [0, 0.1) is 0 Å². The van der Waals surface area contributed by atoms with E-state index in [1.165, 1.54) is 0 Å². The highest BCUT2D eigenvalue weighted by Crippen LogP contribution is 2.18. The molecule has 11 heavy (non-hydrogen) atoms. The Hall–Kier alpha value is -0.500. The highest BCUT2D eigenvalue weighted by Gasteiger charge is 1.82. The fourth-order valence-electron chi connectivity index (χ4n) is 0. The minimum atomic E-state index is -4.89. The molecule has 0 atom stereocenters. The zero-order valence-corrected chi connectivity index (χ0v) is 7.37. The first-order chi connectivity index (χ1) is 3.73. The summed E-state index contributed by atoms with van der Waals surface area (Å²) in [6.07, 6.45) is 0. The molecule has 0 aromatic heterocycles. The summed E-state index contributed by atoms with van der Waals surface area (Å²) >= 11 is 0. The van der Waals surface area contributed by atoms with Crippen molar-refractivity contribution in [2.24, 2.45) is 0 Å². The summed E-state index contributed by atoms with van der Waals surface area (Å²) in [6, 6.07) is 0. The van der Waals surface area contributed by atoms with Crippen LogP contribution in [0.25, 0.3) is 0 Å². The molecule has 0 aliphatic heterocycles. The number of carbonyl (C=O) groups is 1. The molecular weight excluding hydrogens is 179 g/mol. The fraction of sp³-hybridized carbons (Fsp3) is 0.500. The number of carboxylic acid groups (broad SMARTS) is 1. The lowest BCUT2D eigenvalue weighted by Gasteiger charge is -2.01. The van der Waals surface area contributed by atoms with Crippen LogP contribution < -0.4 is 22.3 Å². The van der Waals surface area contributed by atoms with Crippen LogP contribution in [0.3, 0.4) is 0 Å². The SMILES string of the molecule is CC(=O)[O-].O=P([O-])(O)O.[NH4+].[NH4+]. The van der Waals surface area contributed by atoms with Gasteiger partial charge in [0.15, 0.2) is 0 Å². The Bertz CT molecular complexity index is 118. The number of carbonyl (C=O) groups excluding carboxylic acids is 1. The van der Waals surface area contributed by atoms with Crippen molar-refractivity contribution in [2.45, 2.75) is 6.92 Å². The monoisotopic (exact) mass is 192 g/mol.